The molecule has 11 nitrogen and oxygen atoms in total. The smallest absolute Gasteiger partial charge is 0.239 e. The minimum absolute atomic E-state index is 0.656. The lowest BCUT2D eigenvalue weighted by molar-refractivity contribution is -0.354. The predicted octanol–water partition coefficient (Wildman–Crippen LogP) is -4.78. The highest BCUT2D eigenvalue weighted by Crippen LogP contribution is 2.29. The minimum atomic E-state index is -1.72. The van der Waals surface area contributed by atoms with Crippen LogP contribution in [0.4, 0.5) is 0 Å². The Morgan fingerprint density at radius 2 is 1.32 bits per heavy atom. The molecule has 0 saturated carbocycles. The lowest BCUT2D eigenvalue weighted by atomic mass is 9.97. The molecule has 0 amide bonds. The number of aliphatic hydroxyl groups is 7. The van der Waals surface area contributed by atoms with Crippen molar-refractivity contribution in [2.75, 3.05) is 13.2 Å². The van der Waals surface area contributed by atoms with Gasteiger partial charge in [-0.05, 0) is 0 Å². The Bertz CT molecular complexity index is 464. The normalized spacial score (nSPS) is 47.9. The first-order valence-corrected chi connectivity index (χ1v) is 7.55. The van der Waals surface area contributed by atoms with Crippen LogP contribution in [-0.2, 0) is 18.9 Å². The van der Waals surface area contributed by atoms with Gasteiger partial charge >= 0.3 is 0 Å². The molecule has 2 heterocycles. The SMILES string of the molecule is C#CO[C@@H]1OC(CO)[C@@H](O[C@@H]2OC(CO)[C@H](O)C(O)[C@@H]2O)C(O)[C@@H]1O. The average molecular weight is 366 g/mol. The van der Waals surface area contributed by atoms with Gasteiger partial charge in [0, 0.05) is 0 Å². The summed E-state index contributed by atoms with van der Waals surface area (Å²) in [5, 5.41) is 68.1. The van der Waals surface area contributed by atoms with Gasteiger partial charge in [0.05, 0.1) is 13.2 Å². The van der Waals surface area contributed by atoms with Crippen LogP contribution in [0.1, 0.15) is 0 Å². The van der Waals surface area contributed by atoms with E-state index in [0.29, 0.717) is 0 Å². The van der Waals surface area contributed by atoms with E-state index in [2.05, 4.69) is 4.74 Å². The minimum Gasteiger partial charge on any atom is -0.412 e. The standard InChI is InChI=1S/C14H22O11/c1-2-22-13-11(21)9(19)12(6(4-16)24-13)25-14-10(20)8(18)7(17)5(3-15)23-14/h1,5-21H,3-4H2/t5?,6?,7-,8?,9?,10-,11-,12+,13+,14-/m0/s1. The van der Waals surface area contributed by atoms with E-state index >= 15 is 0 Å². The van der Waals surface area contributed by atoms with E-state index in [1.54, 1.807) is 6.11 Å². The summed E-state index contributed by atoms with van der Waals surface area (Å²) in [6.45, 7) is -1.32. The molecule has 0 aliphatic carbocycles. The van der Waals surface area contributed by atoms with Crippen molar-refractivity contribution in [1.29, 1.82) is 0 Å². The number of aliphatic hydroxyl groups excluding tert-OH is 7. The summed E-state index contributed by atoms with van der Waals surface area (Å²) < 4.78 is 20.4. The van der Waals surface area contributed by atoms with E-state index in [-0.39, 0.29) is 0 Å². The van der Waals surface area contributed by atoms with Crippen LogP contribution in [-0.4, -0.2) is 110 Å². The molecule has 2 aliphatic rings. The first-order valence-electron chi connectivity index (χ1n) is 7.55. The van der Waals surface area contributed by atoms with E-state index < -0.39 is 74.6 Å². The van der Waals surface area contributed by atoms with Gasteiger partial charge in [-0.15, -0.1) is 0 Å². The Labute approximate surface area is 142 Å². The number of ether oxygens (including phenoxy) is 4. The molecule has 7 N–H and O–H groups in total. The summed E-state index contributed by atoms with van der Waals surface area (Å²) in [6, 6.07) is 0. The van der Waals surface area contributed by atoms with E-state index in [0.717, 1.165) is 0 Å². The third kappa shape index (κ3) is 4.04. The van der Waals surface area contributed by atoms with Crippen LogP contribution >= 0.6 is 0 Å². The van der Waals surface area contributed by atoms with E-state index in [9.17, 15) is 30.6 Å². The van der Waals surface area contributed by atoms with Crippen molar-refractivity contribution in [1.82, 2.24) is 0 Å². The van der Waals surface area contributed by atoms with Gasteiger partial charge in [0.15, 0.2) is 6.29 Å². The zero-order chi connectivity index (χ0) is 18.7. The van der Waals surface area contributed by atoms with Gasteiger partial charge in [0.1, 0.15) is 54.9 Å². The van der Waals surface area contributed by atoms with Crippen molar-refractivity contribution in [3.8, 4) is 12.5 Å². The van der Waals surface area contributed by atoms with Crippen LogP contribution < -0.4 is 0 Å². The zero-order valence-electron chi connectivity index (χ0n) is 13.0. The Kier molecular flexibility index (Phi) is 6.94. The van der Waals surface area contributed by atoms with Gasteiger partial charge in [0.25, 0.3) is 0 Å². The Balaban J connectivity index is 2.12. The topological polar surface area (TPSA) is 179 Å². The number of hydrogen-bond donors (Lipinski definition) is 7. The average Bonchev–Trinajstić information content (AvgIpc) is 2.61. The van der Waals surface area contributed by atoms with Crippen molar-refractivity contribution in [2.24, 2.45) is 0 Å². The molecule has 2 aliphatic heterocycles. The number of hydrogen-bond acceptors (Lipinski definition) is 11. The quantitative estimate of drug-likeness (QED) is 0.232. The molecule has 0 bridgehead atoms. The van der Waals surface area contributed by atoms with Crippen molar-refractivity contribution in [2.45, 2.75) is 61.4 Å². The maximum absolute atomic E-state index is 10.2. The molecule has 2 rings (SSSR count). The highest BCUT2D eigenvalue weighted by Gasteiger charge is 2.50. The van der Waals surface area contributed by atoms with E-state index in [4.69, 9.17) is 25.7 Å². The van der Waals surface area contributed by atoms with Crippen LogP contribution in [0, 0.1) is 12.5 Å². The summed E-state index contributed by atoms with van der Waals surface area (Å²) in [5.74, 6) is 0. The van der Waals surface area contributed by atoms with E-state index in [1.165, 1.54) is 0 Å². The fraction of sp³-hybridized carbons (Fsp3) is 0.857. The lowest BCUT2D eigenvalue weighted by Crippen LogP contribution is -2.64. The fourth-order valence-corrected chi connectivity index (χ4v) is 2.72. The summed E-state index contributed by atoms with van der Waals surface area (Å²) in [6.07, 6.45) is -8.33. The van der Waals surface area contributed by atoms with E-state index in [1.807, 2.05) is 0 Å². The molecule has 2 saturated heterocycles. The molecule has 0 spiro atoms. The molecule has 10 atom stereocenters. The molecular formula is C14H22O11. The van der Waals surface area contributed by atoms with Gasteiger partial charge in [-0.1, -0.05) is 6.42 Å². The highest BCUT2D eigenvalue weighted by molar-refractivity contribution is 4.94. The number of rotatable bonds is 5. The summed E-state index contributed by atoms with van der Waals surface area (Å²) in [5.41, 5.74) is 0. The molecule has 11 heteroatoms. The summed E-state index contributed by atoms with van der Waals surface area (Å²) in [7, 11) is 0. The summed E-state index contributed by atoms with van der Waals surface area (Å²) in [4.78, 5) is 0. The second-order valence-corrected chi connectivity index (χ2v) is 5.74. The number of terminal acetylenes is 1. The molecule has 25 heavy (non-hydrogen) atoms. The molecule has 0 aromatic rings. The third-order valence-corrected chi connectivity index (χ3v) is 4.14. The second-order valence-electron chi connectivity index (χ2n) is 5.74. The Morgan fingerprint density at radius 1 is 0.760 bits per heavy atom. The van der Waals surface area contributed by atoms with Crippen molar-refractivity contribution in [3.63, 3.8) is 0 Å². The largest absolute Gasteiger partial charge is 0.412 e. The van der Waals surface area contributed by atoms with Crippen LogP contribution in [0.2, 0.25) is 0 Å². The molecule has 0 aromatic carbocycles. The van der Waals surface area contributed by atoms with Crippen molar-refractivity contribution in [3.05, 3.63) is 0 Å². The van der Waals surface area contributed by atoms with Gasteiger partial charge < -0.3 is 54.7 Å². The predicted molar refractivity (Wildman–Crippen MR) is 76.3 cm³/mol. The molecule has 0 aromatic heterocycles. The maximum atomic E-state index is 10.2. The van der Waals surface area contributed by atoms with Crippen LogP contribution in [0.25, 0.3) is 0 Å². The van der Waals surface area contributed by atoms with Crippen LogP contribution in [0.5, 0.6) is 0 Å². The van der Waals surface area contributed by atoms with Gasteiger partial charge in [-0.2, -0.15) is 0 Å². The first-order chi connectivity index (χ1) is 11.8. The molecular weight excluding hydrogens is 344 g/mol. The van der Waals surface area contributed by atoms with Crippen molar-refractivity contribution >= 4 is 0 Å². The second kappa shape index (κ2) is 8.56. The van der Waals surface area contributed by atoms with Gasteiger partial charge in [-0.25, -0.2) is 0 Å². The maximum Gasteiger partial charge on any atom is 0.239 e. The van der Waals surface area contributed by atoms with Gasteiger partial charge in [-0.3, -0.25) is 0 Å². The molecule has 4 unspecified atom stereocenters. The summed E-state index contributed by atoms with van der Waals surface area (Å²) >= 11 is 0. The molecule has 2 fully saturated rings. The first kappa shape index (κ1) is 20.3. The highest BCUT2D eigenvalue weighted by atomic mass is 16.7. The Morgan fingerprint density at radius 3 is 1.88 bits per heavy atom. The van der Waals surface area contributed by atoms with Crippen LogP contribution in [0.15, 0.2) is 0 Å². The molecule has 0 radical (unpaired) electrons. The fourth-order valence-electron chi connectivity index (χ4n) is 2.72. The van der Waals surface area contributed by atoms with Crippen molar-refractivity contribution < 1.29 is 54.7 Å². The third-order valence-electron chi connectivity index (χ3n) is 4.14. The molecule has 144 valence electrons. The lowest BCUT2D eigenvalue weighted by Gasteiger charge is -2.45. The van der Waals surface area contributed by atoms with Crippen LogP contribution in [0.3, 0.4) is 0 Å². The zero-order valence-corrected chi connectivity index (χ0v) is 13.0. The van der Waals surface area contributed by atoms with Gasteiger partial charge in [0.2, 0.25) is 6.29 Å². The Hall–Kier alpha value is -1.04. The monoisotopic (exact) mass is 366 g/mol.